The number of aliphatic carboxylic acids is 1. The van der Waals surface area contributed by atoms with Crippen LogP contribution in [0.2, 0.25) is 0 Å². The molecule has 1 aromatic carbocycles. The fourth-order valence-corrected chi connectivity index (χ4v) is 1.81. The number of benzene rings is 1. The Bertz CT molecular complexity index is 357. The average Bonchev–Trinajstić information content (AvgIpc) is 2.16. The van der Waals surface area contributed by atoms with Crippen molar-refractivity contribution in [1.82, 2.24) is 0 Å². The number of hydrogen-bond acceptors (Lipinski definition) is 1. The minimum absolute atomic E-state index is 0.105. The molecule has 1 atom stereocenters. The van der Waals surface area contributed by atoms with Crippen LogP contribution in [-0.4, -0.2) is 11.1 Å². The Labute approximate surface area is 92.9 Å². The normalized spacial score (nSPS) is 12.4. The summed E-state index contributed by atoms with van der Waals surface area (Å²) in [6, 6.07) is 3.59. The van der Waals surface area contributed by atoms with Gasteiger partial charge in [-0.1, -0.05) is 19.4 Å². The van der Waals surface area contributed by atoms with Crippen molar-refractivity contribution >= 4 is 5.97 Å². The van der Waals surface area contributed by atoms with E-state index in [0.29, 0.717) is 12.8 Å². The van der Waals surface area contributed by atoms with Gasteiger partial charge in [0.2, 0.25) is 0 Å². The molecule has 1 rings (SSSR count). The molecule has 4 heteroatoms. The van der Waals surface area contributed by atoms with E-state index in [-0.39, 0.29) is 12.0 Å². The van der Waals surface area contributed by atoms with Gasteiger partial charge in [-0.3, -0.25) is 4.79 Å². The zero-order valence-electron chi connectivity index (χ0n) is 9.04. The van der Waals surface area contributed by atoms with E-state index in [1.54, 1.807) is 0 Å². The number of carboxylic acids is 1. The summed E-state index contributed by atoms with van der Waals surface area (Å²) in [6.07, 6.45) is 0.904. The third kappa shape index (κ3) is 3.02. The highest BCUT2D eigenvalue weighted by atomic mass is 19.1. The molecule has 0 heterocycles. The first-order chi connectivity index (χ1) is 7.56. The Kier molecular flexibility index (Phi) is 4.40. The van der Waals surface area contributed by atoms with Crippen molar-refractivity contribution in [2.75, 3.05) is 0 Å². The minimum atomic E-state index is -1.04. The summed E-state index contributed by atoms with van der Waals surface area (Å²) in [7, 11) is 0. The molecule has 0 radical (unpaired) electrons. The lowest BCUT2D eigenvalue weighted by atomic mass is 9.90. The van der Waals surface area contributed by atoms with Crippen LogP contribution in [0.15, 0.2) is 18.2 Å². The zero-order chi connectivity index (χ0) is 12.1. The molecule has 2 nitrogen and oxygen atoms in total. The molecule has 0 fully saturated rings. The van der Waals surface area contributed by atoms with Crippen molar-refractivity contribution in [1.29, 1.82) is 0 Å². The molecule has 0 aromatic heterocycles. The molecule has 0 saturated heterocycles. The van der Waals surface area contributed by atoms with Crippen LogP contribution in [0, 0.1) is 11.6 Å². The van der Waals surface area contributed by atoms with Gasteiger partial charge in [-0.25, -0.2) is 8.78 Å². The molecule has 0 saturated carbocycles. The van der Waals surface area contributed by atoms with E-state index in [4.69, 9.17) is 5.11 Å². The van der Waals surface area contributed by atoms with Gasteiger partial charge < -0.3 is 5.11 Å². The van der Waals surface area contributed by atoms with Gasteiger partial charge in [0.15, 0.2) is 0 Å². The van der Waals surface area contributed by atoms with Gasteiger partial charge in [-0.05, 0) is 18.6 Å². The van der Waals surface area contributed by atoms with Crippen molar-refractivity contribution in [3.63, 3.8) is 0 Å². The van der Waals surface area contributed by atoms with Crippen LogP contribution in [0.3, 0.4) is 0 Å². The van der Waals surface area contributed by atoms with E-state index in [2.05, 4.69) is 0 Å². The van der Waals surface area contributed by atoms with Crippen LogP contribution >= 0.6 is 0 Å². The number of carboxylic acid groups (broad SMARTS) is 1. The molecular formula is C12H14F2O2. The second-order valence-corrected chi connectivity index (χ2v) is 3.72. The molecule has 0 aliphatic rings. The third-order valence-corrected chi connectivity index (χ3v) is 2.47. The van der Waals surface area contributed by atoms with E-state index in [1.165, 1.54) is 6.07 Å². The molecule has 1 unspecified atom stereocenters. The molecule has 0 bridgehead atoms. The quantitative estimate of drug-likeness (QED) is 0.839. The van der Waals surface area contributed by atoms with Crippen LogP contribution in [0.4, 0.5) is 8.78 Å². The molecule has 0 aliphatic heterocycles. The summed E-state index contributed by atoms with van der Waals surface area (Å²) in [4.78, 5) is 10.6. The number of hydrogen-bond donors (Lipinski definition) is 1. The van der Waals surface area contributed by atoms with Crippen LogP contribution in [-0.2, 0) is 4.79 Å². The molecule has 0 spiro atoms. The Morgan fingerprint density at radius 1 is 1.38 bits per heavy atom. The topological polar surface area (TPSA) is 37.3 Å². The summed E-state index contributed by atoms with van der Waals surface area (Å²) in [6.45, 7) is 1.85. The summed E-state index contributed by atoms with van der Waals surface area (Å²) >= 11 is 0. The second-order valence-electron chi connectivity index (χ2n) is 3.72. The van der Waals surface area contributed by atoms with E-state index < -0.39 is 23.5 Å². The predicted octanol–water partition coefficient (Wildman–Crippen LogP) is 3.32. The molecule has 16 heavy (non-hydrogen) atoms. The summed E-state index contributed by atoms with van der Waals surface area (Å²) in [5, 5.41) is 8.71. The fourth-order valence-electron chi connectivity index (χ4n) is 1.81. The summed E-state index contributed by atoms with van der Waals surface area (Å²) in [5.74, 6) is -2.97. The Hall–Kier alpha value is -1.45. The predicted molar refractivity (Wildman–Crippen MR) is 56.3 cm³/mol. The Morgan fingerprint density at radius 2 is 1.94 bits per heavy atom. The van der Waals surface area contributed by atoms with Gasteiger partial charge in [-0.15, -0.1) is 0 Å². The lowest BCUT2D eigenvalue weighted by Crippen LogP contribution is -2.10. The Balaban J connectivity index is 3.04. The highest BCUT2D eigenvalue weighted by Crippen LogP contribution is 2.29. The molecule has 88 valence electrons. The van der Waals surface area contributed by atoms with Crippen molar-refractivity contribution < 1.29 is 18.7 Å². The maximum absolute atomic E-state index is 13.4. The SMILES string of the molecule is CCCC(CC(=O)O)c1c(F)cccc1F. The van der Waals surface area contributed by atoms with Crippen LogP contribution in [0.25, 0.3) is 0 Å². The van der Waals surface area contributed by atoms with E-state index >= 15 is 0 Å². The maximum atomic E-state index is 13.4. The first-order valence-electron chi connectivity index (χ1n) is 5.22. The lowest BCUT2D eigenvalue weighted by Gasteiger charge is -2.15. The molecule has 0 amide bonds. The largest absolute Gasteiger partial charge is 0.481 e. The fraction of sp³-hybridized carbons (Fsp3) is 0.417. The first-order valence-corrected chi connectivity index (χ1v) is 5.22. The minimum Gasteiger partial charge on any atom is -0.481 e. The van der Waals surface area contributed by atoms with Gasteiger partial charge in [0.25, 0.3) is 0 Å². The van der Waals surface area contributed by atoms with Crippen molar-refractivity contribution in [3.05, 3.63) is 35.4 Å². The zero-order valence-corrected chi connectivity index (χ0v) is 9.04. The van der Waals surface area contributed by atoms with Crippen LogP contribution in [0.1, 0.15) is 37.7 Å². The maximum Gasteiger partial charge on any atom is 0.303 e. The number of rotatable bonds is 5. The van der Waals surface area contributed by atoms with E-state index in [1.807, 2.05) is 6.92 Å². The van der Waals surface area contributed by atoms with Gasteiger partial charge in [0.1, 0.15) is 11.6 Å². The summed E-state index contributed by atoms with van der Waals surface area (Å²) in [5.41, 5.74) is -0.105. The summed E-state index contributed by atoms with van der Waals surface area (Å²) < 4.78 is 26.9. The van der Waals surface area contributed by atoms with Crippen molar-refractivity contribution in [2.24, 2.45) is 0 Å². The number of carbonyl (C=O) groups is 1. The second kappa shape index (κ2) is 5.58. The highest BCUT2D eigenvalue weighted by Gasteiger charge is 2.21. The molecule has 1 aromatic rings. The van der Waals surface area contributed by atoms with E-state index in [0.717, 1.165) is 12.1 Å². The lowest BCUT2D eigenvalue weighted by molar-refractivity contribution is -0.137. The molecular weight excluding hydrogens is 214 g/mol. The molecule has 1 N–H and O–H groups in total. The highest BCUT2D eigenvalue weighted by molar-refractivity contribution is 5.68. The van der Waals surface area contributed by atoms with E-state index in [9.17, 15) is 13.6 Å². The molecule has 0 aliphatic carbocycles. The van der Waals surface area contributed by atoms with Gasteiger partial charge >= 0.3 is 5.97 Å². The van der Waals surface area contributed by atoms with Crippen molar-refractivity contribution in [2.45, 2.75) is 32.1 Å². The first kappa shape index (κ1) is 12.6. The van der Waals surface area contributed by atoms with Gasteiger partial charge in [-0.2, -0.15) is 0 Å². The smallest absolute Gasteiger partial charge is 0.303 e. The van der Waals surface area contributed by atoms with Gasteiger partial charge in [0, 0.05) is 11.5 Å². The number of halogens is 2. The van der Waals surface area contributed by atoms with Crippen molar-refractivity contribution in [3.8, 4) is 0 Å². The average molecular weight is 228 g/mol. The van der Waals surface area contributed by atoms with Gasteiger partial charge in [0.05, 0.1) is 6.42 Å². The third-order valence-electron chi connectivity index (χ3n) is 2.47. The Morgan fingerprint density at radius 3 is 2.38 bits per heavy atom. The van der Waals surface area contributed by atoms with Crippen LogP contribution < -0.4 is 0 Å². The van der Waals surface area contributed by atoms with Crippen LogP contribution in [0.5, 0.6) is 0 Å². The monoisotopic (exact) mass is 228 g/mol. The standard InChI is InChI=1S/C12H14F2O2/c1-2-4-8(7-11(15)16)12-9(13)5-3-6-10(12)14/h3,5-6,8H,2,4,7H2,1H3,(H,15,16).